The number of primary sulfonamides is 1. The highest BCUT2D eigenvalue weighted by Gasteiger charge is 2.35. The standard InChI is InChI=1S/C14H12N2O3S/c15-20(18,19)11-7-5-10(6-8-11)14(17)9-16-13-4-2-1-3-12(13)14/h1-9,17H,(H2,15,18,19)/t14-/m0/s1. The van der Waals surface area contributed by atoms with E-state index < -0.39 is 15.6 Å². The second-order valence-electron chi connectivity index (χ2n) is 4.61. The Morgan fingerprint density at radius 2 is 1.70 bits per heavy atom. The lowest BCUT2D eigenvalue weighted by atomic mass is 9.88. The number of nitrogens with two attached hydrogens (primary N) is 1. The van der Waals surface area contributed by atoms with Crippen molar-refractivity contribution < 1.29 is 13.5 Å². The lowest BCUT2D eigenvalue weighted by molar-refractivity contribution is 0.165. The average Bonchev–Trinajstić information content (AvgIpc) is 2.78. The Labute approximate surface area is 116 Å². The lowest BCUT2D eigenvalue weighted by Crippen LogP contribution is -2.26. The largest absolute Gasteiger partial charge is 0.375 e. The zero-order valence-electron chi connectivity index (χ0n) is 10.4. The molecule has 5 nitrogen and oxygen atoms in total. The molecule has 1 heterocycles. The zero-order valence-corrected chi connectivity index (χ0v) is 11.2. The van der Waals surface area contributed by atoms with Crippen LogP contribution in [0.1, 0.15) is 11.1 Å². The SMILES string of the molecule is NS(=O)(=O)c1ccc([C@@]2(O)C=Nc3ccccc32)cc1. The fourth-order valence-corrected chi connectivity index (χ4v) is 2.79. The molecule has 0 radical (unpaired) electrons. The summed E-state index contributed by atoms with van der Waals surface area (Å²) in [7, 11) is -3.74. The molecule has 1 aliphatic rings. The first-order valence-corrected chi connectivity index (χ1v) is 7.46. The van der Waals surface area contributed by atoms with Gasteiger partial charge in [-0.15, -0.1) is 0 Å². The number of fused-ring (bicyclic) bond motifs is 1. The summed E-state index contributed by atoms with van der Waals surface area (Å²) in [5, 5.41) is 15.8. The normalized spacial score (nSPS) is 20.9. The first-order valence-electron chi connectivity index (χ1n) is 5.92. The van der Waals surface area contributed by atoms with Gasteiger partial charge in [0, 0.05) is 11.8 Å². The van der Waals surface area contributed by atoms with Crippen LogP contribution in [0.3, 0.4) is 0 Å². The van der Waals surface area contributed by atoms with Gasteiger partial charge in [0.1, 0.15) is 0 Å². The first kappa shape index (κ1) is 13.0. The van der Waals surface area contributed by atoms with Gasteiger partial charge in [0.15, 0.2) is 5.60 Å². The summed E-state index contributed by atoms with van der Waals surface area (Å²) in [5.74, 6) is 0. The maximum atomic E-state index is 11.2. The van der Waals surface area contributed by atoms with Crippen LogP contribution in [-0.4, -0.2) is 19.7 Å². The molecule has 0 bridgehead atoms. The van der Waals surface area contributed by atoms with Crippen molar-refractivity contribution in [2.24, 2.45) is 10.1 Å². The number of aliphatic hydroxyl groups is 1. The van der Waals surface area contributed by atoms with Crippen LogP contribution in [0.4, 0.5) is 5.69 Å². The Hall–Kier alpha value is -2.02. The van der Waals surface area contributed by atoms with Crippen molar-refractivity contribution >= 4 is 21.9 Å². The lowest BCUT2D eigenvalue weighted by Gasteiger charge is -2.21. The van der Waals surface area contributed by atoms with Gasteiger partial charge >= 0.3 is 0 Å². The number of hydrogen-bond acceptors (Lipinski definition) is 4. The van der Waals surface area contributed by atoms with Crippen LogP contribution in [0, 0.1) is 0 Å². The summed E-state index contributed by atoms with van der Waals surface area (Å²) in [6, 6.07) is 13.1. The molecule has 0 fully saturated rings. The third-order valence-corrected chi connectivity index (χ3v) is 4.26. The number of nitrogens with zero attached hydrogens (tertiary/aromatic N) is 1. The maximum absolute atomic E-state index is 11.2. The van der Waals surface area contributed by atoms with Crippen LogP contribution in [0.2, 0.25) is 0 Å². The Morgan fingerprint density at radius 1 is 1.05 bits per heavy atom. The molecule has 3 N–H and O–H groups in total. The van der Waals surface area contributed by atoms with Gasteiger partial charge < -0.3 is 5.11 Å². The summed E-state index contributed by atoms with van der Waals surface area (Å²) in [5.41, 5.74) is 0.570. The molecule has 0 amide bonds. The molecule has 3 rings (SSSR count). The number of sulfonamides is 1. The van der Waals surface area contributed by atoms with Crippen LogP contribution in [-0.2, 0) is 15.6 Å². The minimum absolute atomic E-state index is 0.00747. The predicted molar refractivity (Wildman–Crippen MR) is 75.4 cm³/mol. The quantitative estimate of drug-likeness (QED) is 0.872. The van der Waals surface area contributed by atoms with E-state index in [4.69, 9.17) is 5.14 Å². The Balaban J connectivity index is 2.09. The van der Waals surface area contributed by atoms with Crippen LogP contribution in [0.25, 0.3) is 0 Å². The second kappa shape index (κ2) is 4.24. The van der Waals surface area contributed by atoms with Crippen molar-refractivity contribution in [3.8, 4) is 0 Å². The van der Waals surface area contributed by atoms with Crippen LogP contribution in [0.5, 0.6) is 0 Å². The zero-order chi connectivity index (χ0) is 14.4. The van der Waals surface area contributed by atoms with Crippen molar-refractivity contribution in [2.45, 2.75) is 10.5 Å². The molecular weight excluding hydrogens is 276 g/mol. The summed E-state index contributed by atoms with van der Waals surface area (Å²) in [6.07, 6.45) is 1.45. The van der Waals surface area contributed by atoms with Crippen molar-refractivity contribution in [2.75, 3.05) is 0 Å². The molecule has 0 saturated heterocycles. The molecular formula is C14H12N2O3S. The third-order valence-electron chi connectivity index (χ3n) is 3.33. The molecule has 1 atom stereocenters. The van der Waals surface area contributed by atoms with Crippen LogP contribution in [0.15, 0.2) is 58.4 Å². The number of hydrogen-bond donors (Lipinski definition) is 2. The fourth-order valence-electron chi connectivity index (χ4n) is 2.27. The van der Waals surface area contributed by atoms with Gasteiger partial charge in [0.05, 0.1) is 10.6 Å². The van der Waals surface area contributed by atoms with E-state index in [1.807, 2.05) is 18.2 Å². The van der Waals surface area contributed by atoms with Gasteiger partial charge in [0.2, 0.25) is 10.0 Å². The van der Waals surface area contributed by atoms with E-state index in [2.05, 4.69) is 4.99 Å². The smallest absolute Gasteiger partial charge is 0.238 e. The van der Waals surface area contributed by atoms with E-state index in [1.165, 1.54) is 30.5 Å². The van der Waals surface area contributed by atoms with Gasteiger partial charge in [-0.2, -0.15) is 0 Å². The van der Waals surface area contributed by atoms with Gasteiger partial charge in [-0.05, 0) is 23.8 Å². The highest BCUT2D eigenvalue weighted by atomic mass is 32.2. The summed E-state index contributed by atoms with van der Waals surface area (Å²) in [4.78, 5) is 4.19. The minimum atomic E-state index is -3.74. The summed E-state index contributed by atoms with van der Waals surface area (Å²) in [6.45, 7) is 0. The van der Waals surface area contributed by atoms with Gasteiger partial charge in [0.25, 0.3) is 0 Å². The number of aliphatic imine (C=N–C) groups is 1. The van der Waals surface area contributed by atoms with E-state index >= 15 is 0 Å². The Kier molecular flexibility index (Phi) is 2.75. The highest BCUT2D eigenvalue weighted by Crippen LogP contribution is 2.39. The summed E-state index contributed by atoms with van der Waals surface area (Å²) >= 11 is 0. The monoisotopic (exact) mass is 288 g/mol. The predicted octanol–water partition coefficient (Wildman–Crippen LogP) is 1.29. The molecule has 6 heteroatoms. The van der Waals surface area contributed by atoms with E-state index in [0.717, 1.165) is 0 Å². The topological polar surface area (TPSA) is 92.8 Å². The molecule has 20 heavy (non-hydrogen) atoms. The van der Waals surface area contributed by atoms with E-state index in [0.29, 0.717) is 16.8 Å². The van der Waals surface area contributed by atoms with Gasteiger partial charge in [-0.25, -0.2) is 13.6 Å². The molecule has 0 unspecified atom stereocenters. The van der Waals surface area contributed by atoms with Gasteiger partial charge in [-0.1, -0.05) is 30.3 Å². The van der Waals surface area contributed by atoms with Crippen molar-refractivity contribution in [1.82, 2.24) is 0 Å². The van der Waals surface area contributed by atoms with Crippen molar-refractivity contribution in [1.29, 1.82) is 0 Å². The molecule has 1 aliphatic heterocycles. The molecule has 0 spiro atoms. The highest BCUT2D eigenvalue weighted by molar-refractivity contribution is 7.89. The molecule has 2 aromatic rings. The molecule has 0 saturated carbocycles. The first-order chi connectivity index (χ1) is 9.41. The number of para-hydroxylation sites is 1. The third kappa shape index (κ3) is 1.94. The summed E-state index contributed by atoms with van der Waals surface area (Å²) < 4.78 is 22.5. The van der Waals surface area contributed by atoms with E-state index in [9.17, 15) is 13.5 Å². The van der Waals surface area contributed by atoms with Crippen molar-refractivity contribution in [3.63, 3.8) is 0 Å². The Morgan fingerprint density at radius 3 is 2.35 bits per heavy atom. The maximum Gasteiger partial charge on any atom is 0.238 e. The molecule has 0 aliphatic carbocycles. The van der Waals surface area contributed by atoms with E-state index in [1.54, 1.807) is 6.07 Å². The van der Waals surface area contributed by atoms with E-state index in [-0.39, 0.29) is 4.90 Å². The Bertz CT molecular complexity index is 797. The number of rotatable bonds is 2. The fraction of sp³-hybridized carbons (Fsp3) is 0.0714. The second-order valence-corrected chi connectivity index (χ2v) is 6.17. The van der Waals surface area contributed by atoms with Gasteiger partial charge in [-0.3, -0.25) is 4.99 Å². The van der Waals surface area contributed by atoms with Crippen molar-refractivity contribution in [3.05, 3.63) is 59.7 Å². The molecule has 102 valence electrons. The average molecular weight is 288 g/mol. The minimum Gasteiger partial charge on any atom is -0.375 e. The number of benzene rings is 2. The molecule has 0 aromatic heterocycles. The molecule has 2 aromatic carbocycles. The van der Waals surface area contributed by atoms with Crippen LogP contribution < -0.4 is 5.14 Å². The van der Waals surface area contributed by atoms with Crippen LogP contribution >= 0.6 is 0 Å².